The second kappa shape index (κ2) is 21.1. The Hall–Kier alpha value is -0.160. The minimum atomic E-state index is 0. The van der Waals surface area contributed by atoms with E-state index in [1.165, 1.54) is 89.9 Å². The molecule has 4 bridgehead atoms. The van der Waals surface area contributed by atoms with Gasteiger partial charge < -0.3 is 19.1 Å². The van der Waals surface area contributed by atoms with Gasteiger partial charge in [0.2, 0.25) is 0 Å². The maximum Gasteiger partial charge on any atom is 0.309 e. The third-order valence-corrected chi connectivity index (χ3v) is 15.7. The monoisotopic (exact) mass is 718 g/mol. The van der Waals surface area contributed by atoms with Crippen LogP contribution in [0.1, 0.15) is 106 Å². The summed E-state index contributed by atoms with van der Waals surface area (Å²) in [4.78, 5) is 43.5. The predicted octanol–water partition coefficient (Wildman–Crippen LogP) is 8.62. The number of esters is 1. The highest BCUT2D eigenvalue weighted by Gasteiger charge is 2.45. The van der Waals surface area contributed by atoms with Gasteiger partial charge in [-0.2, -0.15) is 35.3 Å². The van der Waals surface area contributed by atoms with Crippen LogP contribution in [0, 0.1) is 35.5 Å². The number of thioether (sulfide) groups is 4. The first kappa shape index (κ1) is 40.3. The van der Waals surface area contributed by atoms with Crippen LogP contribution in [-0.2, 0) is 28.7 Å². The largest absolute Gasteiger partial charge is 0.462 e. The van der Waals surface area contributed by atoms with Gasteiger partial charge in [-0.3, -0.25) is 9.59 Å². The Kier molecular flexibility index (Phi) is 18.5. The van der Waals surface area contributed by atoms with Crippen molar-refractivity contribution in [2.75, 3.05) is 36.4 Å². The number of hydrogen-bond donors (Lipinski definition) is 0. The Morgan fingerprint density at radius 1 is 0.674 bits per heavy atom. The molecule has 1 aliphatic heterocycles. The molecule has 10 heteroatoms. The van der Waals surface area contributed by atoms with E-state index in [9.17, 15) is 19.2 Å². The van der Waals surface area contributed by atoms with Crippen LogP contribution in [0.4, 0.5) is 0 Å². The number of fused-ring (bicyclic) bond motifs is 4. The maximum atomic E-state index is 12.4. The number of carbonyl (C=O) groups excluding carboxylic acids is 4. The molecule has 5 aliphatic carbocycles. The summed E-state index contributed by atoms with van der Waals surface area (Å²) in [7, 11) is 1.77. The fourth-order valence-electron chi connectivity index (χ4n) is 7.95. The zero-order valence-corrected chi connectivity index (χ0v) is 32.4. The summed E-state index contributed by atoms with van der Waals surface area (Å²) in [5.74, 6) is 9.02. The van der Waals surface area contributed by atoms with Crippen molar-refractivity contribution in [1.82, 2.24) is 0 Å². The third kappa shape index (κ3) is 14.0. The highest BCUT2D eigenvalue weighted by atomic mass is 32.2. The van der Waals surface area contributed by atoms with Gasteiger partial charge in [-0.25, -0.2) is 0 Å². The Bertz CT molecular complexity index is 949. The van der Waals surface area contributed by atoms with E-state index in [4.69, 9.17) is 9.47 Å². The van der Waals surface area contributed by atoms with Crippen molar-refractivity contribution in [3.8, 4) is 0 Å². The number of methoxy groups -OCH3 is 1. The number of Topliss-reactive ketones (excluding diaryl/α,β-unsaturated/α-hetero) is 2. The van der Waals surface area contributed by atoms with Gasteiger partial charge in [-0.15, -0.1) is 0 Å². The third-order valence-electron chi connectivity index (χ3n) is 10.1. The quantitative estimate of drug-likeness (QED) is 0.228. The predicted molar refractivity (Wildman–Crippen MR) is 200 cm³/mol. The summed E-state index contributed by atoms with van der Waals surface area (Å²) in [6.45, 7) is 6.11. The summed E-state index contributed by atoms with van der Waals surface area (Å²) < 4.78 is 11.1. The van der Waals surface area contributed by atoms with Crippen LogP contribution in [0.2, 0.25) is 0 Å². The SMILES string of the molecule is CC(C)=O.CC(C)=O.COC1CCC(OC(=O)C2CC3CCC2C3)CC1.CSCC1CSC(CSC(=O)C2CC3CCC2C3)CS1.[HH]. The van der Waals surface area contributed by atoms with E-state index < -0.39 is 0 Å². The van der Waals surface area contributed by atoms with Crippen LogP contribution in [0.3, 0.4) is 0 Å². The van der Waals surface area contributed by atoms with Crippen molar-refractivity contribution in [1.29, 1.82) is 0 Å². The minimum Gasteiger partial charge on any atom is -0.462 e. The van der Waals surface area contributed by atoms with Crippen LogP contribution < -0.4 is 0 Å². The standard InChI is InChI=1S/C15H24O3.C15H24OS4.2C3H6O.H2/c1-17-12-4-6-13(7-5-12)18-15(16)14-9-10-2-3-11(14)8-10;1-17-6-12-7-19-13(8-18-12)9-20-15(16)14-5-10-2-3-11(14)4-10;2*1-3(2)4;/h10-14H,2-9H2,1H3;10-14H,2-9H2,1H3;2*1-2H3;1H. The van der Waals surface area contributed by atoms with Gasteiger partial charge in [0, 0.05) is 48.0 Å². The molecular weight excluding hydrogens is 657 g/mol. The van der Waals surface area contributed by atoms with Gasteiger partial charge in [0.1, 0.15) is 17.7 Å². The van der Waals surface area contributed by atoms with Gasteiger partial charge in [0.25, 0.3) is 0 Å². The fourth-order valence-corrected chi connectivity index (χ4v) is 13.5. The van der Waals surface area contributed by atoms with Crippen LogP contribution >= 0.6 is 47.0 Å². The molecule has 1 heterocycles. The molecule has 266 valence electrons. The average Bonchev–Trinajstić information content (AvgIpc) is 3.84. The fraction of sp³-hybridized carbons (Fsp3) is 0.889. The molecule has 0 aromatic carbocycles. The van der Waals surface area contributed by atoms with E-state index >= 15 is 0 Å². The molecule has 1 saturated heterocycles. The summed E-state index contributed by atoms with van der Waals surface area (Å²) in [5.41, 5.74) is 0. The zero-order chi connectivity index (χ0) is 33.6. The molecule has 0 aromatic rings. The number of rotatable bonds is 8. The smallest absolute Gasteiger partial charge is 0.309 e. The molecule has 6 aliphatic rings. The number of ketones is 2. The Morgan fingerprint density at radius 2 is 1.15 bits per heavy atom. The van der Waals surface area contributed by atoms with E-state index in [1.54, 1.807) is 18.9 Å². The lowest BCUT2D eigenvalue weighted by Crippen LogP contribution is -2.31. The van der Waals surface area contributed by atoms with Crippen molar-refractivity contribution in [2.45, 2.75) is 127 Å². The number of carbonyl (C=O) groups is 4. The summed E-state index contributed by atoms with van der Waals surface area (Å²) in [6.07, 6.45) is 17.0. The van der Waals surface area contributed by atoms with Crippen molar-refractivity contribution in [2.24, 2.45) is 35.5 Å². The van der Waals surface area contributed by atoms with Crippen LogP contribution in [-0.4, -0.2) is 81.7 Å². The number of hydrogen-bond acceptors (Lipinski definition) is 10. The molecule has 5 saturated carbocycles. The van der Waals surface area contributed by atoms with E-state index in [0.29, 0.717) is 28.3 Å². The Morgan fingerprint density at radius 3 is 1.57 bits per heavy atom. The summed E-state index contributed by atoms with van der Waals surface area (Å²) in [5, 5.41) is 2.05. The minimum absolute atomic E-state index is 0. The van der Waals surface area contributed by atoms with E-state index in [2.05, 4.69) is 29.8 Å². The molecule has 0 aromatic heterocycles. The molecule has 0 N–H and O–H groups in total. The van der Waals surface area contributed by atoms with Gasteiger partial charge in [0.15, 0.2) is 5.12 Å². The highest BCUT2D eigenvalue weighted by Crippen LogP contribution is 2.50. The maximum absolute atomic E-state index is 12.4. The summed E-state index contributed by atoms with van der Waals surface area (Å²) in [6, 6.07) is 0. The van der Waals surface area contributed by atoms with Crippen molar-refractivity contribution < 1.29 is 30.1 Å². The van der Waals surface area contributed by atoms with E-state index in [-0.39, 0.29) is 31.0 Å². The Labute approximate surface area is 297 Å². The first-order valence-electron chi connectivity index (χ1n) is 17.5. The van der Waals surface area contributed by atoms with Crippen molar-refractivity contribution >= 4 is 69.7 Å². The normalized spacial score (nSPS) is 35.4. The van der Waals surface area contributed by atoms with Gasteiger partial charge in [-0.1, -0.05) is 24.6 Å². The molecule has 0 radical (unpaired) electrons. The molecule has 6 nitrogen and oxygen atoms in total. The van der Waals surface area contributed by atoms with Crippen LogP contribution in [0.25, 0.3) is 0 Å². The average molecular weight is 719 g/mol. The molecule has 6 rings (SSSR count). The lowest BCUT2D eigenvalue weighted by Gasteiger charge is -2.29. The molecule has 6 fully saturated rings. The second-order valence-electron chi connectivity index (χ2n) is 14.4. The van der Waals surface area contributed by atoms with Gasteiger partial charge >= 0.3 is 5.97 Å². The van der Waals surface area contributed by atoms with Crippen LogP contribution in [0.5, 0.6) is 0 Å². The van der Waals surface area contributed by atoms with Crippen molar-refractivity contribution in [3.63, 3.8) is 0 Å². The van der Waals surface area contributed by atoms with Gasteiger partial charge in [0.05, 0.1) is 12.0 Å². The van der Waals surface area contributed by atoms with Crippen molar-refractivity contribution in [3.05, 3.63) is 0 Å². The van der Waals surface area contributed by atoms with Crippen LogP contribution in [0.15, 0.2) is 0 Å². The van der Waals surface area contributed by atoms with E-state index in [0.717, 1.165) is 60.9 Å². The first-order valence-corrected chi connectivity index (χ1v) is 22.0. The number of ether oxygens (including phenoxy) is 2. The van der Waals surface area contributed by atoms with Gasteiger partial charge in [-0.05, 0) is 122 Å². The molecule has 0 amide bonds. The first-order chi connectivity index (χ1) is 22.0. The molecule has 46 heavy (non-hydrogen) atoms. The molecule has 8 unspecified atom stereocenters. The molecule has 8 atom stereocenters. The molecule has 0 spiro atoms. The lowest BCUT2D eigenvalue weighted by molar-refractivity contribution is -0.158. The van der Waals surface area contributed by atoms with E-state index in [1.807, 2.05) is 11.8 Å². The highest BCUT2D eigenvalue weighted by molar-refractivity contribution is 8.15. The summed E-state index contributed by atoms with van der Waals surface area (Å²) >= 11 is 7.84. The Balaban J connectivity index is 0.000000263. The second-order valence-corrected chi connectivity index (χ2v) is 19.0. The lowest BCUT2D eigenvalue weighted by atomic mass is 9.88. The topological polar surface area (TPSA) is 86.7 Å². The molecular formula is C36H62O6S4. The zero-order valence-electron chi connectivity index (χ0n) is 29.2.